The average Bonchev–Trinajstić information content (AvgIpc) is 3.05. The number of Topliss-reactive ketones (excluding diaryl/α,β-unsaturated/α-hetero) is 1. The summed E-state index contributed by atoms with van der Waals surface area (Å²) in [6.07, 6.45) is -4.55. The molecule has 2 amide bonds. The Balaban J connectivity index is 1.76. The van der Waals surface area contributed by atoms with Crippen LogP contribution in [0, 0.1) is 13.8 Å². The largest absolute Gasteiger partial charge is 0.405 e. The van der Waals surface area contributed by atoms with E-state index in [1.54, 1.807) is 23.8 Å². The summed E-state index contributed by atoms with van der Waals surface area (Å²) < 4.78 is 38.4. The lowest BCUT2D eigenvalue weighted by Gasteiger charge is -2.10. The van der Waals surface area contributed by atoms with Crippen LogP contribution in [-0.2, 0) is 4.79 Å². The molecule has 0 spiro atoms. The monoisotopic (exact) mass is 444 g/mol. The number of carbonyl (C=O) groups excluding carboxylic acids is 3. The minimum Gasteiger partial charge on any atom is -0.343 e. The van der Waals surface area contributed by atoms with E-state index in [0.717, 1.165) is 5.69 Å². The van der Waals surface area contributed by atoms with Crippen LogP contribution < -0.4 is 10.6 Å². The van der Waals surface area contributed by atoms with Crippen molar-refractivity contribution >= 4 is 23.3 Å². The maximum atomic E-state index is 12.8. The van der Waals surface area contributed by atoms with Crippen LogP contribution in [0.15, 0.2) is 54.6 Å². The Bertz CT molecular complexity index is 1170. The summed E-state index contributed by atoms with van der Waals surface area (Å²) in [4.78, 5) is 37.3. The fourth-order valence-electron chi connectivity index (χ4n) is 3.11. The van der Waals surface area contributed by atoms with Crippen LogP contribution >= 0.6 is 0 Å². The summed E-state index contributed by atoms with van der Waals surface area (Å²) in [5.74, 6) is -2.74. The van der Waals surface area contributed by atoms with Crippen LogP contribution in [0.1, 0.15) is 32.1 Å². The standard InChI is InChI=1S/C22H19F3N4O3/c1-13-18(14(2)29(28-13)17-9-4-3-5-10-17)19(30)21(32)27-16-8-6-7-15(11-16)20(31)26-12-22(23,24)25/h3-11H,12H2,1-2H3,(H,26,31)(H,27,32). The molecule has 32 heavy (non-hydrogen) atoms. The van der Waals surface area contributed by atoms with E-state index >= 15 is 0 Å². The van der Waals surface area contributed by atoms with Gasteiger partial charge in [0.2, 0.25) is 0 Å². The van der Waals surface area contributed by atoms with Crippen LogP contribution in [0.4, 0.5) is 18.9 Å². The van der Waals surface area contributed by atoms with E-state index in [1.807, 2.05) is 30.3 Å². The highest BCUT2D eigenvalue weighted by Gasteiger charge is 2.28. The van der Waals surface area contributed by atoms with Gasteiger partial charge in [-0.15, -0.1) is 0 Å². The van der Waals surface area contributed by atoms with Crippen LogP contribution in [0.2, 0.25) is 0 Å². The summed E-state index contributed by atoms with van der Waals surface area (Å²) in [5, 5.41) is 8.47. The van der Waals surface area contributed by atoms with Crippen LogP contribution in [0.3, 0.4) is 0 Å². The van der Waals surface area contributed by atoms with E-state index in [1.165, 1.54) is 24.3 Å². The Hall–Kier alpha value is -3.95. The van der Waals surface area contributed by atoms with Gasteiger partial charge in [-0.3, -0.25) is 14.4 Å². The Morgan fingerprint density at radius 2 is 1.69 bits per heavy atom. The van der Waals surface area contributed by atoms with E-state index in [2.05, 4.69) is 10.4 Å². The van der Waals surface area contributed by atoms with Crippen LogP contribution in [-0.4, -0.2) is 40.1 Å². The van der Waals surface area contributed by atoms with E-state index in [0.29, 0.717) is 11.4 Å². The fraction of sp³-hybridized carbons (Fsp3) is 0.182. The smallest absolute Gasteiger partial charge is 0.343 e. The topological polar surface area (TPSA) is 93.1 Å². The van der Waals surface area contributed by atoms with Gasteiger partial charge in [-0.2, -0.15) is 18.3 Å². The lowest BCUT2D eigenvalue weighted by Crippen LogP contribution is -2.33. The van der Waals surface area contributed by atoms with E-state index < -0.39 is 30.3 Å². The number of anilines is 1. The number of benzene rings is 2. The molecular weight excluding hydrogens is 425 g/mol. The number of amides is 2. The molecule has 0 unspecified atom stereocenters. The molecule has 3 rings (SSSR count). The molecule has 0 aliphatic rings. The van der Waals surface area contributed by atoms with Crippen molar-refractivity contribution in [1.82, 2.24) is 15.1 Å². The summed E-state index contributed by atoms with van der Waals surface area (Å²) in [7, 11) is 0. The van der Waals surface area contributed by atoms with Gasteiger partial charge in [-0.05, 0) is 44.2 Å². The van der Waals surface area contributed by atoms with Crippen molar-refractivity contribution in [3.8, 4) is 5.69 Å². The molecule has 3 aromatic rings. The fourth-order valence-corrected chi connectivity index (χ4v) is 3.11. The molecule has 0 atom stereocenters. The van der Waals surface area contributed by atoms with Crippen molar-refractivity contribution in [1.29, 1.82) is 0 Å². The lowest BCUT2D eigenvalue weighted by atomic mass is 10.1. The van der Waals surface area contributed by atoms with Gasteiger partial charge in [0.25, 0.3) is 17.6 Å². The number of nitrogens with zero attached hydrogens (tertiary/aromatic N) is 2. The second-order valence-electron chi connectivity index (χ2n) is 6.96. The third-order valence-electron chi connectivity index (χ3n) is 4.56. The molecule has 0 aliphatic carbocycles. The number of halogens is 3. The SMILES string of the molecule is Cc1nn(-c2ccccc2)c(C)c1C(=O)C(=O)Nc1cccc(C(=O)NCC(F)(F)F)c1. The molecule has 0 bridgehead atoms. The van der Waals surface area contributed by atoms with E-state index in [4.69, 9.17) is 0 Å². The normalized spacial score (nSPS) is 11.2. The van der Waals surface area contributed by atoms with Crippen molar-refractivity contribution in [3.05, 3.63) is 77.1 Å². The van der Waals surface area contributed by atoms with Gasteiger partial charge >= 0.3 is 6.18 Å². The summed E-state index contributed by atoms with van der Waals surface area (Å²) in [6.45, 7) is 1.79. The number of aromatic nitrogens is 2. The van der Waals surface area contributed by atoms with Gasteiger partial charge in [0, 0.05) is 11.3 Å². The number of hydrogen-bond donors (Lipinski definition) is 2. The van der Waals surface area contributed by atoms with E-state index in [9.17, 15) is 27.6 Å². The van der Waals surface area contributed by atoms with Gasteiger partial charge in [0.05, 0.1) is 22.6 Å². The molecule has 0 radical (unpaired) electrons. The molecule has 0 saturated carbocycles. The second kappa shape index (κ2) is 9.04. The molecule has 166 valence electrons. The predicted molar refractivity (Wildman–Crippen MR) is 111 cm³/mol. The molecule has 0 fully saturated rings. The predicted octanol–water partition coefficient (Wildman–Crippen LogP) is 3.60. The Labute approximate surface area is 181 Å². The maximum absolute atomic E-state index is 12.8. The third kappa shape index (κ3) is 5.20. The first-order valence-electron chi connectivity index (χ1n) is 9.49. The number of aryl methyl sites for hydroxylation is 1. The zero-order valence-corrected chi connectivity index (χ0v) is 17.2. The van der Waals surface area contributed by atoms with Gasteiger partial charge in [-0.25, -0.2) is 4.68 Å². The minimum atomic E-state index is -4.55. The quantitative estimate of drug-likeness (QED) is 0.449. The Morgan fingerprint density at radius 3 is 2.34 bits per heavy atom. The van der Waals surface area contributed by atoms with Crippen LogP contribution in [0.5, 0.6) is 0 Å². The molecule has 10 heteroatoms. The first-order valence-corrected chi connectivity index (χ1v) is 9.49. The Morgan fingerprint density at radius 1 is 1.00 bits per heavy atom. The molecule has 2 aromatic carbocycles. The number of para-hydroxylation sites is 1. The molecule has 2 N–H and O–H groups in total. The van der Waals surface area contributed by atoms with Gasteiger partial charge in [0.15, 0.2) is 0 Å². The number of alkyl halides is 3. The number of ketones is 1. The number of carbonyl (C=O) groups is 3. The van der Waals surface area contributed by atoms with Crippen molar-refractivity contribution in [2.45, 2.75) is 20.0 Å². The minimum absolute atomic E-state index is 0.0915. The number of hydrogen-bond acceptors (Lipinski definition) is 4. The van der Waals surface area contributed by atoms with Crippen molar-refractivity contribution in [2.24, 2.45) is 0 Å². The molecule has 0 aliphatic heterocycles. The second-order valence-corrected chi connectivity index (χ2v) is 6.96. The van der Waals surface area contributed by atoms with Crippen molar-refractivity contribution < 1.29 is 27.6 Å². The van der Waals surface area contributed by atoms with Gasteiger partial charge < -0.3 is 10.6 Å². The molecular formula is C22H19F3N4O3. The number of rotatable bonds is 6. The van der Waals surface area contributed by atoms with E-state index in [-0.39, 0.29) is 16.8 Å². The highest BCUT2D eigenvalue weighted by molar-refractivity contribution is 6.47. The zero-order valence-electron chi connectivity index (χ0n) is 17.2. The molecule has 7 nitrogen and oxygen atoms in total. The first kappa shape index (κ1) is 22.7. The zero-order chi connectivity index (χ0) is 23.5. The summed E-state index contributed by atoms with van der Waals surface area (Å²) in [6, 6.07) is 14.4. The molecule has 0 saturated heterocycles. The Kier molecular flexibility index (Phi) is 6.42. The average molecular weight is 444 g/mol. The van der Waals surface area contributed by atoms with Crippen molar-refractivity contribution in [3.63, 3.8) is 0 Å². The highest BCUT2D eigenvalue weighted by Crippen LogP contribution is 2.20. The maximum Gasteiger partial charge on any atom is 0.405 e. The van der Waals surface area contributed by atoms with Crippen LogP contribution in [0.25, 0.3) is 5.69 Å². The van der Waals surface area contributed by atoms with Gasteiger partial charge in [0.1, 0.15) is 6.54 Å². The number of nitrogens with one attached hydrogen (secondary N) is 2. The lowest BCUT2D eigenvalue weighted by molar-refractivity contribution is -0.123. The molecule has 1 aromatic heterocycles. The summed E-state index contributed by atoms with van der Waals surface area (Å²) in [5.41, 5.74) is 1.72. The highest BCUT2D eigenvalue weighted by atomic mass is 19.4. The van der Waals surface area contributed by atoms with Crippen molar-refractivity contribution in [2.75, 3.05) is 11.9 Å². The first-order chi connectivity index (χ1) is 15.1. The summed E-state index contributed by atoms with van der Waals surface area (Å²) >= 11 is 0. The van der Waals surface area contributed by atoms with Gasteiger partial charge in [-0.1, -0.05) is 24.3 Å². The molecule has 1 heterocycles. The third-order valence-corrected chi connectivity index (χ3v) is 4.56.